The minimum absolute atomic E-state index is 0.0834. The highest BCUT2D eigenvalue weighted by molar-refractivity contribution is 7.99. The number of fused-ring (bicyclic) bond motifs is 3. The molecule has 1 aromatic carbocycles. The number of carbonyl (C=O) groups excluding carboxylic acids is 1. The van der Waals surface area contributed by atoms with Crippen LogP contribution in [0.25, 0.3) is 15.9 Å². The Morgan fingerprint density at radius 1 is 1.19 bits per heavy atom. The molecule has 0 atom stereocenters. The van der Waals surface area contributed by atoms with Gasteiger partial charge in [0.1, 0.15) is 10.7 Å². The van der Waals surface area contributed by atoms with Gasteiger partial charge in [-0.15, -0.1) is 21.5 Å². The zero-order valence-corrected chi connectivity index (χ0v) is 17.3. The minimum atomic E-state index is 0.0834. The van der Waals surface area contributed by atoms with Crippen molar-refractivity contribution >= 4 is 44.7 Å². The number of aromatic nitrogens is 4. The highest BCUT2D eigenvalue weighted by Crippen LogP contribution is 2.34. The molecule has 0 saturated carbocycles. The van der Waals surface area contributed by atoms with Crippen LogP contribution in [0.15, 0.2) is 35.5 Å². The van der Waals surface area contributed by atoms with Crippen molar-refractivity contribution in [3.8, 4) is 0 Å². The summed E-state index contributed by atoms with van der Waals surface area (Å²) in [5.41, 5.74) is 2.75. The van der Waals surface area contributed by atoms with Crippen LogP contribution in [-0.4, -0.2) is 31.1 Å². The highest BCUT2D eigenvalue weighted by Gasteiger charge is 2.21. The zero-order chi connectivity index (χ0) is 19.1. The summed E-state index contributed by atoms with van der Waals surface area (Å²) >= 11 is 3.11. The third-order valence-corrected chi connectivity index (χ3v) is 6.64. The van der Waals surface area contributed by atoms with E-state index in [9.17, 15) is 4.79 Å². The van der Waals surface area contributed by atoms with E-state index in [4.69, 9.17) is 4.98 Å². The normalized spacial score (nSPS) is 11.7. The first-order chi connectivity index (χ1) is 13.0. The van der Waals surface area contributed by atoms with Crippen LogP contribution in [0.3, 0.4) is 0 Å². The number of aryl methyl sites for hydroxylation is 2. The molecule has 0 saturated heterocycles. The lowest BCUT2D eigenvalue weighted by Crippen LogP contribution is -2.06. The number of rotatable bonds is 5. The van der Waals surface area contributed by atoms with Gasteiger partial charge in [0, 0.05) is 16.4 Å². The molecule has 0 N–H and O–H groups in total. The van der Waals surface area contributed by atoms with E-state index in [0.717, 1.165) is 26.8 Å². The molecule has 5 nitrogen and oxygen atoms in total. The monoisotopic (exact) mass is 396 g/mol. The van der Waals surface area contributed by atoms with Gasteiger partial charge in [0.05, 0.1) is 11.1 Å². The summed E-state index contributed by atoms with van der Waals surface area (Å²) in [6.07, 6.45) is 0. The summed E-state index contributed by atoms with van der Waals surface area (Å²) in [5, 5.41) is 10.6. The second-order valence-corrected chi connectivity index (χ2v) is 8.95. The van der Waals surface area contributed by atoms with Gasteiger partial charge in [0.25, 0.3) is 0 Å². The van der Waals surface area contributed by atoms with E-state index in [1.807, 2.05) is 34.7 Å². The fraction of sp³-hybridized carbons (Fsp3) is 0.300. The zero-order valence-electron chi connectivity index (χ0n) is 15.7. The molecule has 0 radical (unpaired) electrons. The maximum Gasteiger partial charge on any atom is 0.197 e. The van der Waals surface area contributed by atoms with Crippen molar-refractivity contribution in [1.29, 1.82) is 0 Å². The van der Waals surface area contributed by atoms with E-state index >= 15 is 0 Å². The number of hydrogen-bond donors (Lipinski definition) is 0. The van der Waals surface area contributed by atoms with Crippen LogP contribution in [0.4, 0.5) is 0 Å². The van der Waals surface area contributed by atoms with Crippen LogP contribution in [0.1, 0.15) is 46.4 Å². The number of carbonyl (C=O) groups is 1. The Labute approximate surface area is 165 Å². The number of nitrogens with zero attached hydrogens (tertiary/aromatic N) is 4. The van der Waals surface area contributed by atoms with Crippen LogP contribution < -0.4 is 0 Å². The summed E-state index contributed by atoms with van der Waals surface area (Å²) in [7, 11) is 0. The van der Waals surface area contributed by atoms with Crippen LogP contribution in [0.2, 0.25) is 0 Å². The molecule has 0 amide bonds. The summed E-state index contributed by atoms with van der Waals surface area (Å²) in [4.78, 5) is 19.6. The lowest BCUT2D eigenvalue weighted by Gasteiger charge is -2.10. The highest BCUT2D eigenvalue weighted by atomic mass is 32.2. The maximum atomic E-state index is 12.5. The molecular weight excluding hydrogens is 376 g/mol. The van der Waals surface area contributed by atoms with E-state index in [2.05, 4.69) is 37.9 Å². The molecule has 0 spiro atoms. The standard InChI is InChI=1S/C20H20N4OS2/c1-11(2)17-21-19-16(12(3)13(4)27-19)18-22-23-20(24(17)18)26-10-15(25)14-8-6-5-7-9-14/h5-9,11H,10H2,1-4H3. The topological polar surface area (TPSA) is 60.2 Å². The fourth-order valence-electron chi connectivity index (χ4n) is 3.06. The molecule has 0 unspecified atom stereocenters. The smallest absolute Gasteiger partial charge is 0.197 e. The quantitative estimate of drug-likeness (QED) is 0.349. The number of ketones is 1. The van der Waals surface area contributed by atoms with Crippen molar-refractivity contribution in [2.24, 2.45) is 0 Å². The Morgan fingerprint density at radius 3 is 2.63 bits per heavy atom. The fourth-order valence-corrected chi connectivity index (χ4v) is 4.93. The van der Waals surface area contributed by atoms with Crippen LogP contribution in [0.5, 0.6) is 0 Å². The molecule has 0 aliphatic rings. The van der Waals surface area contributed by atoms with Gasteiger partial charge < -0.3 is 0 Å². The summed E-state index contributed by atoms with van der Waals surface area (Å²) in [5.74, 6) is 1.56. The SMILES string of the molecule is Cc1sc2nc(C(C)C)n3c(SCC(=O)c4ccccc4)nnc3c2c1C. The van der Waals surface area contributed by atoms with Crippen molar-refractivity contribution in [3.63, 3.8) is 0 Å². The first-order valence-corrected chi connectivity index (χ1v) is 10.6. The number of thioether (sulfide) groups is 1. The lowest BCUT2D eigenvalue weighted by molar-refractivity contribution is 0.102. The molecule has 4 rings (SSSR count). The van der Waals surface area contributed by atoms with Gasteiger partial charge in [-0.3, -0.25) is 9.20 Å². The molecule has 0 aliphatic carbocycles. The summed E-state index contributed by atoms with van der Waals surface area (Å²) in [6, 6.07) is 9.35. The lowest BCUT2D eigenvalue weighted by atomic mass is 10.2. The Bertz CT molecular complexity index is 1150. The maximum absolute atomic E-state index is 12.5. The molecule has 4 aromatic rings. The largest absolute Gasteiger partial charge is 0.293 e. The number of hydrogen-bond acceptors (Lipinski definition) is 6. The number of benzene rings is 1. The van der Waals surface area contributed by atoms with E-state index in [-0.39, 0.29) is 11.7 Å². The van der Waals surface area contributed by atoms with E-state index in [1.165, 1.54) is 22.2 Å². The Balaban J connectivity index is 1.77. The molecule has 138 valence electrons. The van der Waals surface area contributed by atoms with E-state index < -0.39 is 0 Å². The second-order valence-electron chi connectivity index (χ2n) is 6.81. The average Bonchev–Trinajstić information content (AvgIpc) is 3.20. The first kappa shape index (κ1) is 18.1. The first-order valence-electron chi connectivity index (χ1n) is 8.83. The number of thiophene rings is 1. The third-order valence-electron chi connectivity index (χ3n) is 4.61. The molecule has 0 bridgehead atoms. The Kier molecular flexibility index (Phi) is 4.74. The predicted octanol–water partition coefficient (Wildman–Crippen LogP) is 5.05. The molecule has 0 fully saturated rings. The molecule has 3 aromatic heterocycles. The van der Waals surface area contributed by atoms with E-state index in [1.54, 1.807) is 11.3 Å². The van der Waals surface area contributed by atoms with E-state index in [0.29, 0.717) is 11.3 Å². The van der Waals surface area contributed by atoms with Gasteiger partial charge in [0.2, 0.25) is 0 Å². The van der Waals surface area contributed by atoms with Gasteiger partial charge in [0.15, 0.2) is 16.6 Å². The average molecular weight is 397 g/mol. The van der Waals surface area contributed by atoms with Gasteiger partial charge in [-0.2, -0.15) is 0 Å². The molecule has 3 heterocycles. The van der Waals surface area contributed by atoms with Crippen molar-refractivity contribution < 1.29 is 4.79 Å². The predicted molar refractivity (Wildman–Crippen MR) is 111 cm³/mol. The summed E-state index contributed by atoms with van der Waals surface area (Å²) < 4.78 is 2.02. The molecule has 7 heteroatoms. The van der Waals surface area contributed by atoms with Gasteiger partial charge in [-0.1, -0.05) is 55.9 Å². The van der Waals surface area contributed by atoms with Crippen molar-refractivity contribution in [1.82, 2.24) is 19.6 Å². The van der Waals surface area contributed by atoms with Crippen molar-refractivity contribution in [2.45, 2.75) is 38.8 Å². The van der Waals surface area contributed by atoms with Gasteiger partial charge in [-0.05, 0) is 19.4 Å². The third kappa shape index (κ3) is 3.15. The molecular formula is C20H20N4OS2. The van der Waals surface area contributed by atoms with Crippen LogP contribution in [-0.2, 0) is 0 Å². The molecule has 27 heavy (non-hydrogen) atoms. The second kappa shape index (κ2) is 7.05. The summed E-state index contributed by atoms with van der Waals surface area (Å²) in [6.45, 7) is 8.44. The Hall–Kier alpha value is -2.25. The Morgan fingerprint density at radius 2 is 1.93 bits per heavy atom. The van der Waals surface area contributed by atoms with Gasteiger partial charge >= 0.3 is 0 Å². The van der Waals surface area contributed by atoms with Crippen LogP contribution in [0, 0.1) is 13.8 Å². The molecule has 0 aliphatic heterocycles. The van der Waals surface area contributed by atoms with Gasteiger partial charge in [-0.25, -0.2) is 4.98 Å². The van der Waals surface area contributed by atoms with Crippen molar-refractivity contribution in [2.75, 3.05) is 5.75 Å². The van der Waals surface area contributed by atoms with Crippen molar-refractivity contribution in [3.05, 3.63) is 52.2 Å². The minimum Gasteiger partial charge on any atom is -0.293 e. The van der Waals surface area contributed by atoms with Crippen LogP contribution >= 0.6 is 23.1 Å². The number of Topliss-reactive ketones (excluding diaryl/α,β-unsaturated/α-hetero) is 1.